The molecule has 3 atom stereocenters. The van der Waals surface area contributed by atoms with Crippen LogP contribution in [0, 0.1) is 0 Å². The Kier molecular flexibility index (Phi) is 6.45. The number of thioether (sulfide) groups is 1. The normalized spacial score (nSPS) is 27.8. The first kappa shape index (κ1) is 17.9. The number of carbonyl (C=O) groups is 1. The molecule has 0 spiro atoms. The number of piperidine rings is 1. The number of carbonyl (C=O) groups excluding carboxylic acids is 1. The molecular weight excluding hydrogens is 339 g/mol. The summed E-state index contributed by atoms with van der Waals surface area (Å²) in [6.07, 6.45) is 4.65. The van der Waals surface area contributed by atoms with Gasteiger partial charge in [0, 0.05) is 28.0 Å². The van der Waals surface area contributed by atoms with Gasteiger partial charge in [-0.1, -0.05) is 11.6 Å². The van der Waals surface area contributed by atoms with Gasteiger partial charge in [-0.2, -0.15) is 0 Å². The van der Waals surface area contributed by atoms with Crippen molar-refractivity contribution >= 4 is 41.7 Å². The molecular formula is C16H22Cl2N2OS. The van der Waals surface area contributed by atoms with Crippen molar-refractivity contribution < 1.29 is 4.79 Å². The maximum atomic E-state index is 12.3. The van der Waals surface area contributed by atoms with Gasteiger partial charge < -0.3 is 10.6 Å². The second-order valence-corrected chi connectivity index (χ2v) is 7.88. The molecule has 2 fully saturated rings. The standard InChI is InChI=1S/C16H21ClN2OS.ClH/c1-10(21-15-6-2-11(17)3-7-15)16(20)19-14-8-12-4-5-13(9-14)18-12;/h2-3,6-7,10,12-14,18H,4-5,8-9H2,1H3,(H,19,20);1H. The third kappa shape index (κ3) is 4.54. The highest BCUT2D eigenvalue weighted by Crippen LogP contribution is 2.28. The number of rotatable bonds is 4. The van der Waals surface area contributed by atoms with Crippen molar-refractivity contribution in [1.82, 2.24) is 10.6 Å². The van der Waals surface area contributed by atoms with E-state index in [1.54, 1.807) is 11.8 Å². The summed E-state index contributed by atoms with van der Waals surface area (Å²) in [4.78, 5) is 13.4. The molecule has 3 nitrogen and oxygen atoms in total. The number of amides is 1. The molecule has 1 aromatic rings. The van der Waals surface area contributed by atoms with Crippen LogP contribution < -0.4 is 10.6 Å². The van der Waals surface area contributed by atoms with Crippen molar-refractivity contribution in [2.75, 3.05) is 0 Å². The van der Waals surface area contributed by atoms with Crippen LogP contribution in [0.3, 0.4) is 0 Å². The molecule has 3 rings (SSSR count). The molecule has 2 N–H and O–H groups in total. The molecule has 2 aliphatic rings. The molecule has 2 heterocycles. The van der Waals surface area contributed by atoms with Gasteiger partial charge >= 0.3 is 0 Å². The number of benzene rings is 1. The van der Waals surface area contributed by atoms with Gasteiger partial charge in [-0.15, -0.1) is 24.2 Å². The van der Waals surface area contributed by atoms with Crippen LogP contribution >= 0.6 is 35.8 Å². The van der Waals surface area contributed by atoms with E-state index in [4.69, 9.17) is 11.6 Å². The van der Waals surface area contributed by atoms with Gasteiger partial charge in [-0.05, 0) is 56.9 Å². The maximum Gasteiger partial charge on any atom is 0.233 e. The summed E-state index contributed by atoms with van der Waals surface area (Å²) in [6, 6.07) is 9.19. The Hall–Kier alpha value is -0.420. The first-order valence-electron chi connectivity index (χ1n) is 7.59. The molecule has 0 radical (unpaired) electrons. The minimum atomic E-state index is -0.0845. The molecule has 1 aromatic carbocycles. The Balaban J connectivity index is 0.00000176. The van der Waals surface area contributed by atoms with Crippen LogP contribution in [-0.2, 0) is 4.79 Å². The first-order chi connectivity index (χ1) is 10.1. The molecule has 2 aliphatic heterocycles. The average Bonchev–Trinajstić information content (AvgIpc) is 2.80. The van der Waals surface area contributed by atoms with Crippen molar-refractivity contribution in [1.29, 1.82) is 0 Å². The SMILES string of the molecule is CC(Sc1ccc(Cl)cc1)C(=O)NC1CC2CCC(C1)N2.Cl. The van der Waals surface area contributed by atoms with E-state index in [1.807, 2.05) is 31.2 Å². The third-order valence-electron chi connectivity index (χ3n) is 4.32. The lowest BCUT2D eigenvalue weighted by Gasteiger charge is -2.30. The number of fused-ring (bicyclic) bond motifs is 2. The van der Waals surface area contributed by atoms with E-state index in [2.05, 4.69) is 10.6 Å². The van der Waals surface area contributed by atoms with Gasteiger partial charge in [0.1, 0.15) is 0 Å². The zero-order valence-corrected chi connectivity index (χ0v) is 14.9. The van der Waals surface area contributed by atoms with Crippen LogP contribution in [-0.4, -0.2) is 29.3 Å². The van der Waals surface area contributed by atoms with E-state index >= 15 is 0 Å². The summed E-state index contributed by atoms with van der Waals surface area (Å²) >= 11 is 7.46. The first-order valence-corrected chi connectivity index (χ1v) is 8.84. The highest BCUT2D eigenvalue weighted by Gasteiger charge is 2.34. The van der Waals surface area contributed by atoms with Crippen molar-refractivity contribution in [3.05, 3.63) is 29.3 Å². The lowest BCUT2D eigenvalue weighted by Crippen LogP contribution is -2.49. The Morgan fingerprint density at radius 1 is 1.27 bits per heavy atom. The van der Waals surface area contributed by atoms with Gasteiger partial charge in [0.2, 0.25) is 5.91 Å². The minimum absolute atomic E-state index is 0. The summed E-state index contributed by atoms with van der Waals surface area (Å²) in [7, 11) is 0. The highest BCUT2D eigenvalue weighted by atomic mass is 35.5. The van der Waals surface area contributed by atoms with E-state index in [1.165, 1.54) is 12.8 Å². The average molecular weight is 361 g/mol. The fraction of sp³-hybridized carbons (Fsp3) is 0.562. The van der Waals surface area contributed by atoms with Crippen LogP contribution in [0.25, 0.3) is 0 Å². The van der Waals surface area contributed by atoms with Crippen LogP contribution in [0.5, 0.6) is 0 Å². The Labute approximate surface area is 147 Å². The molecule has 6 heteroatoms. The molecule has 0 aliphatic carbocycles. The largest absolute Gasteiger partial charge is 0.352 e. The highest BCUT2D eigenvalue weighted by molar-refractivity contribution is 8.00. The van der Waals surface area contributed by atoms with E-state index in [9.17, 15) is 4.79 Å². The Morgan fingerprint density at radius 3 is 2.45 bits per heavy atom. The predicted molar refractivity (Wildman–Crippen MR) is 95.1 cm³/mol. The van der Waals surface area contributed by atoms with Gasteiger partial charge in [-0.3, -0.25) is 4.79 Å². The van der Waals surface area contributed by atoms with Crippen LogP contribution in [0.4, 0.5) is 0 Å². The summed E-state index contributed by atoms with van der Waals surface area (Å²) in [5.74, 6) is 0.140. The van der Waals surface area contributed by atoms with Crippen molar-refractivity contribution in [2.45, 2.75) is 60.9 Å². The smallest absolute Gasteiger partial charge is 0.233 e. The minimum Gasteiger partial charge on any atom is -0.352 e. The predicted octanol–water partition coefficient (Wildman–Crippen LogP) is 3.64. The maximum absolute atomic E-state index is 12.3. The van der Waals surface area contributed by atoms with E-state index in [0.717, 1.165) is 22.8 Å². The monoisotopic (exact) mass is 360 g/mol. The summed E-state index contributed by atoms with van der Waals surface area (Å²) < 4.78 is 0. The van der Waals surface area contributed by atoms with Gasteiger partial charge in [-0.25, -0.2) is 0 Å². The summed E-state index contributed by atoms with van der Waals surface area (Å²) in [5, 5.41) is 7.46. The molecule has 1 amide bonds. The fourth-order valence-corrected chi connectivity index (χ4v) is 4.27. The van der Waals surface area contributed by atoms with E-state index in [-0.39, 0.29) is 23.6 Å². The number of hydrogen-bond acceptors (Lipinski definition) is 3. The quantitative estimate of drug-likeness (QED) is 0.805. The van der Waals surface area contributed by atoms with Gasteiger partial charge in [0.15, 0.2) is 0 Å². The Morgan fingerprint density at radius 2 is 1.86 bits per heavy atom. The van der Waals surface area contributed by atoms with Crippen LogP contribution in [0.2, 0.25) is 5.02 Å². The van der Waals surface area contributed by atoms with Crippen molar-refractivity contribution in [2.24, 2.45) is 0 Å². The lowest BCUT2D eigenvalue weighted by atomic mass is 10.00. The zero-order chi connectivity index (χ0) is 14.8. The molecule has 2 saturated heterocycles. The summed E-state index contributed by atoms with van der Waals surface area (Å²) in [6.45, 7) is 1.96. The number of hydrogen-bond donors (Lipinski definition) is 2. The van der Waals surface area contributed by atoms with Crippen molar-refractivity contribution in [3.63, 3.8) is 0 Å². The molecule has 122 valence electrons. The van der Waals surface area contributed by atoms with Gasteiger partial charge in [0.05, 0.1) is 5.25 Å². The second kappa shape index (κ2) is 7.91. The van der Waals surface area contributed by atoms with Crippen molar-refractivity contribution in [3.8, 4) is 0 Å². The number of halogens is 2. The Bertz CT molecular complexity index is 499. The topological polar surface area (TPSA) is 41.1 Å². The molecule has 22 heavy (non-hydrogen) atoms. The zero-order valence-electron chi connectivity index (χ0n) is 12.5. The van der Waals surface area contributed by atoms with Crippen LogP contribution in [0.1, 0.15) is 32.6 Å². The fourth-order valence-electron chi connectivity index (χ4n) is 3.26. The molecule has 3 unspecified atom stereocenters. The van der Waals surface area contributed by atoms with Gasteiger partial charge in [0.25, 0.3) is 0 Å². The molecule has 0 aromatic heterocycles. The summed E-state index contributed by atoms with van der Waals surface area (Å²) in [5.41, 5.74) is 0. The lowest BCUT2D eigenvalue weighted by molar-refractivity contribution is -0.121. The second-order valence-electron chi connectivity index (χ2n) is 6.03. The van der Waals surface area contributed by atoms with E-state index in [0.29, 0.717) is 18.1 Å². The molecule has 0 saturated carbocycles. The number of nitrogens with one attached hydrogen (secondary N) is 2. The van der Waals surface area contributed by atoms with Crippen LogP contribution in [0.15, 0.2) is 29.2 Å². The third-order valence-corrected chi connectivity index (χ3v) is 5.68. The van der Waals surface area contributed by atoms with E-state index < -0.39 is 0 Å². The molecule has 2 bridgehead atoms.